The maximum Gasteiger partial charge on any atom is 0.228 e. The van der Waals surface area contributed by atoms with E-state index in [1.165, 1.54) is 6.42 Å². The molecule has 3 rings (SSSR count). The van der Waals surface area contributed by atoms with Crippen LogP contribution in [-0.4, -0.2) is 35.8 Å². The number of benzene rings is 1. The Labute approximate surface area is 142 Å². The zero-order valence-electron chi connectivity index (χ0n) is 13.5. The monoisotopic (exact) mass is 334 g/mol. The van der Waals surface area contributed by atoms with E-state index in [0.29, 0.717) is 24.0 Å². The normalized spacial score (nSPS) is 25.0. The van der Waals surface area contributed by atoms with Crippen LogP contribution in [0.15, 0.2) is 24.3 Å². The lowest BCUT2D eigenvalue weighted by molar-refractivity contribution is -0.139. The molecule has 2 saturated heterocycles. The molecule has 2 atom stereocenters. The van der Waals surface area contributed by atoms with Crippen molar-refractivity contribution in [2.75, 3.05) is 18.0 Å². The molecule has 2 unspecified atom stereocenters. The van der Waals surface area contributed by atoms with Crippen LogP contribution in [0.4, 0.5) is 5.69 Å². The Hall–Kier alpha value is -1.55. The molecular weight excluding hydrogens is 312 g/mol. The largest absolute Gasteiger partial charge is 0.339 e. The number of carbonyl (C=O) groups is 2. The highest BCUT2D eigenvalue weighted by Gasteiger charge is 2.39. The highest BCUT2D eigenvalue weighted by molar-refractivity contribution is 6.30. The summed E-state index contributed by atoms with van der Waals surface area (Å²) < 4.78 is 0. The summed E-state index contributed by atoms with van der Waals surface area (Å²) in [4.78, 5) is 28.9. The Balaban J connectivity index is 1.72. The van der Waals surface area contributed by atoms with Gasteiger partial charge in [-0.1, -0.05) is 24.6 Å². The molecule has 4 nitrogen and oxygen atoms in total. The van der Waals surface area contributed by atoms with Gasteiger partial charge in [-0.05, 0) is 43.9 Å². The standard InChI is InChI=1S/C18H23ClN2O2/c1-2-15-7-3-4-9-20(15)18(23)13-10-17(22)21(12-13)16-8-5-6-14(19)11-16/h5-6,8,11,13,15H,2-4,7,9-10,12H2,1H3. The SMILES string of the molecule is CCC1CCCCN1C(=O)C1CC(=O)N(c2cccc(Cl)c2)C1. The lowest BCUT2D eigenvalue weighted by atomic mass is 9.97. The minimum Gasteiger partial charge on any atom is -0.339 e. The summed E-state index contributed by atoms with van der Waals surface area (Å²) in [7, 11) is 0. The van der Waals surface area contributed by atoms with Gasteiger partial charge in [0.15, 0.2) is 0 Å². The van der Waals surface area contributed by atoms with E-state index in [4.69, 9.17) is 11.6 Å². The number of halogens is 1. The molecule has 0 aromatic heterocycles. The van der Waals surface area contributed by atoms with E-state index in [9.17, 15) is 9.59 Å². The van der Waals surface area contributed by atoms with Crippen molar-refractivity contribution in [3.63, 3.8) is 0 Å². The average Bonchev–Trinajstić information content (AvgIpc) is 2.96. The fourth-order valence-electron chi connectivity index (χ4n) is 3.72. The zero-order chi connectivity index (χ0) is 16.4. The third-order valence-electron chi connectivity index (χ3n) is 4.98. The van der Waals surface area contributed by atoms with Crippen LogP contribution in [-0.2, 0) is 9.59 Å². The minimum absolute atomic E-state index is 0.00988. The van der Waals surface area contributed by atoms with E-state index in [2.05, 4.69) is 6.92 Å². The number of anilines is 1. The van der Waals surface area contributed by atoms with Crippen LogP contribution in [0.25, 0.3) is 0 Å². The molecule has 23 heavy (non-hydrogen) atoms. The molecule has 5 heteroatoms. The quantitative estimate of drug-likeness (QED) is 0.849. The molecule has 0 spiro atoms. The smallest absolute Gasteiger partial charge is 0.228 e. The molecule has 0 radical (unpaired) electrons. The highest BCUT2D eigenvalue weighted by atomic mass is 35.5. The van der Waals surface area contributed by atoms with Crippen molar-refractivity contribution in [1.29, 1.82) is 0 Å². The van der Waals surface area contributed by atoms with Crippen molar-refractivity contribution >= 4 is 29.1 Å². The second-order valence-corrected chi connectivity index (χ2v) is 6.91. The summed E-state index contributed by atoms with van der Waals surface area (Å²) in [6.07, 6.45) is 4.64. The van der Waals surface area contributed by atoms with Crippen LogP contribution < -0.4 is 4.90 Å². The van der Waals surface area contributed by atoms with Crippen molar-refractivity contribution in [3.05, 3.63) is 29.3 Å². The Morgan fingerprint density at radius 3 is 2.91 bits per heavy atom. The van der Waals surface area contributed by atoms with E-state index in [1.54, 1.807) is 17.0 Å². The van der Waals surface area contributed by atoms with Crippen LogP contribution in [0.3, 0.4) is 0 Å². The molecule has 2 fully saturated rings. The number of hydrogen-bond acceptors (Lipinski definition) is 2. The van der Waals surface area contributed by atoms with Crippen molar-refractivity contribution in [3.8, 4) is 0 Å². The number of rotatable bonds is 3. The minimum atomic E-state index is -0.228. The first-order chi connectivity index (χ1) is 11.1. The lowest BCUT2D eigenvalue weighted by Gasteiger charge is -2.36. The third kappa shape index (κ3) is 3.37. The first-order valence-electron chi connectivity index (χ1n) is 8.46. The molecule has 1 aromatic rings. The molecule has 2 amide bonds. The Morgan fingerprint density at radius 2 is 2.17 bits per heavy atom. The molecule has 1 aromatic carbocycles. The van der Waals surface area contributed by atoms with Crippen LogP contribution in [0, 0.1) is 5.92 Å². The number of hydrogen-bond donors (Lipinski definition) is 0. The Bertz CT molecular complexity index is 604. The molecule has 124 valence electrons. The summed E-state index contributed by atoms with van der Waals surface area (Å²) in [6.45, 7) is 3.43. The number of nitrogens with zero attached hydrogens (tertiary/aromatic N) is 2. The zero-order valence-corrected chi connectivity index (χ0v) is 14.3. The van der Waals surface area contributed by atoms with Gasteiger partial charge in [-0.2, -0.15) is 0 Å². The maximum absolute atomic E-state index is 12.9. The second-order valence-electron chi connectivity index (χ2n) is 6.47. The predicted molar refractivity (Wildman–Crippen MR) is 91.6 cm³/mol. The van der Waals surface area contributed by atoms with Crippen LogP contribution >= 0.6 is 11.6 Å². The van der Waals surface area contributed by atoms with Crippen molar-refractivity contribution in [2.24, 2.45) is 5.92 Å². The fourth-order valence-corrected chi connectivity index (χ4v) is 3.90. The van der Waals surface area contributed by atoms with Gasteiger partial charge in [0.25, 0.3) is 0 Å². The summed E-state index contributed by atoms with van der Waals surface area (Å²) in [6, 6.07) is 7.60. The molecule has 0 N–H and O–H groups in total. The number of likely N-dealkylation sites (tertiary alicyclic amines) is 1. The Morgan fingerprint density at radius 1 is 1.35 bits per heavy atom. The number of piperidine rings is 1. The van der Waals surface area contributed by atoms with E-state index in [1.807, 2.05) is 17.0 Å². The van der Waals surface area contributed by atoms with Crippen molar-refractivity contribution < 1.29 is 9.59 Å². The molecule has 0 aliphatic carbocycles. The molecular formula is C18H23ClN2O2. The van der Waals surface area contributed by atoms with E-state index in [-0.39, 0.29) is 17.7 Å². The van der Waals surface area contributed by atoms with Gasteiger partial charge < -0.3 is 9.80 Å². The number of amides is 2. The molecule has 2 heterocycles. The summed E-state index contributed by atoms with van der Waals surface area (Å²) in [5, 5.41) is 0.604. The Kier molecular flexibility index (Phi) is 4.90. The van der Waals surface area contributed by atoms with Gasteiger partial charge in [-0.15, -0.1) is 0 Å². The van der Waals surface area contributed by atoms with Crippen molar-refractivity contribution in [1.82, 2.24) is 4.90 Å². The number of carbonyl (C=O) groups excluding carboxylic acids is 2. The summed E-state index contributed by atoms with van der Waals surface area (Å²) in [5.74, 6) is -0.0706. The van der Waals surface area contributed by atoms with Crippen LogP contribution in [0.2, 0.25) is 5.02 Å². The highest BCUT2D eigenvalue weighted by Crippen LogP contribution is 2.30. The van der Waals surface area contributed by atoms with Gasteiger partial charge in [0.1, 0.15) is 0 Å². The van der Waals surface area contributed by atoms with Gasteiger partial charge in [0.2, 0.25) is 11.8 Å². The first kappa shape index (κ1) is 16.3. The van der Waals surface area contributed by atoms with Gasteiger partial charge in [-0.25, -0.2) is 0 Å². The fraction of sp³-hybridized carbons (Fsp3) is 0.556. The summed E-state index contributed by atoms with van der Waals surface area (Å²) >= 11 is 6.02. The van der Waals surface area contributed by atoms with Crippen LogP contribution in [0.1, 0.15) is 39.0 Å². The van der Waals surface area contributed by atoms with Gasteiger partial charge in [-0.3, -0.25) is 9.59 Å². The van der Waals surface area contributed by atoms with Crippen molar-refractivity contribution in [2.45, 2.75) is 45.1 Å². The van der Waals surface area contributed by atoms with E-state index < -0.39 is 0 Å². The maximum atomic E-state index is 12.9. The topological polar surface area (TPSA) is 40.6 Å². The lowest BCUT2D eigenvalue weighted by Crippen LogP contribution is -2.46. The molecule has 0 bridgehead atoms. The molecule has 2 aliphatic rings. The van der Waals surface area contributed by atoms with E-state index in [0.717, 1.165) is 31.5 Å². The van der Waals surface area contributed by atoms with Crippen LogP contribution in [0.5, 0.6) is 0 Å². The molecule has 2 aliphatic heterocycles. The second kappa shape index (κ2) is 6.91. The van der Waals surface area contributed by atoms with Gasteiger partial charge in [0, 0.05) is 36.3 Å². The average molecular weight is 335 g/mol. The molecule has 0 saturated carbocycles. The third-order valence-corrected chi connectivity index (χ3v) is 5.21. The van der Waals surface area contributed by atoms with Gasteiger partial charge in [0.05, 0.1) is 5.92 Å². The summed E-state index contributed by atoms with van der Waals surface area (Å²) in [5.41, 5.74) is 0.781. The first-order valence-corrected chi connectivity index (χ1v) is 8.84. The predicted octanol–water partition coefficient (Wildman–Crippen LogP) is 3.48. The van der Waals surface area contributed by atoms with Gasteiger partial charge >= 0.3 is 0 Å². The van der Waals surface area contributed by atoms with E-state index >= 15 is 0 Å².